The van der Waals surface area contributed by atoms with Gasteiger partial charge in [-0.2, -0.15) is 0 Å². The van der Waals surface area contributed by atoms with Gasteiger partial charge in [0.25, 0.3) is 0 Å². The second-order valence-corrected chi connectivity index (χ2v) is 19.6. The molecular weight excluding hydrogens is 683 g/mol. The Morgan fingerprint density at radius 3 is 1.62 bits per heavy atom. The van der Waals surface area contributed by atoms with Gasteiger partial charge in [-0.25, -0.2) is 4.79 Å². The van der Waals surface area contributed by atoms with Gasteiger partial charge in [0.2, 0.25) is 0 Å². The van der Waals surface area contributed by atoms with Crippen LogP contribution in [0.3, 0.4) is 0 Å². The summed E-state index contributed by atoms with van der Waals surface area (Å²) in [6.45, 7) is 10.1. The first-order valence-corrected chi connectivity index (χ1v) is 19.0. The summed E-state index contributed by atoms with van der Waals surface area (Å²) in [5.41, 5.74) is 1.55. The van der Waals surface area contributed by atoms with Gasteiger partial charge in [0.05, 0.1) is 39.5 Å². The molecule has 0 radical (unpaired) electrons. The van der Waals surface area contributed by atoms with Crippen molar-refractivity contribution in [1.29, 1.82) is 0 Å². The number of ether oxygens (including phenoxy) is 2. The summed E-state index contributed by atoms with van der Waals surface area (Å²) in [7, 11) is -3.82. The maximum absolute atomic E-state index is 14.2. The van der Waals surface area contributed by atoms with Crippen molar-refractivity contribution >= 4 is 59.7 Å². The number of halogens is 2. The number of benzene rings is 2. The SMILES string of the molecule is COC(=O)[C@@H](C[C@H](O[Si](C)(C)C(C)(C)C)C(=O)OC)CP(=O)(OCc1ccc(Br)cc1)OCc1ccc(Br)cc1. The van der Waals surface area contributed by atoms with Crippen molar-refractivity contribution < 1.29 is 37.1 Å². The highest BCUT2D eigenvalue weighted by molar-refractivity contribution is 9.10. The molecule has 0 heterocycles. The van der Waals surface area contributed by atoms with Gasteiger partial charge in [-0.15, -0.1) is 0 Å². The molecular formula is C28H39Br2O8PSi. The molecule has 0 N–H and O–H groups in total. The Hall–Kier alpha value is -1.33. The highest BCUT2D eigenvalue weighted by Gasteiger charge is 2.44. The lowest BCUT2D eigenvalue weighted by Crippen LogP contribution is -2.47. The second-order valence-electron chi connectivity index (χ2n) is 10.9. The van der Waals surface area contributed by atoms with Gasteiger partial charge < -0.3 is 22.9 Å². The molecule has 8 nitrogen and oxygen atoms in total. The molecule has 0 aliphatic heterocycles. The van der Waals surface area contributed by atoms with E-state index in [-0.39, 0.29) is 30.8 Å². The summed E-state index contributed by atoms with van der Waals surface area (Å²) in [6, 6.07) is 14.7. The molecule has 0 aliphatic rings. The fourth-order valence-corrected chi connectivity index (χ4v) is 7.05. The van der Waals surface area contributed by atoms with E-state index in [2.05, 4.69) is 31.9 Å². The van der Waals surface area contributed by atoms with Crippen molar-refractivity contribution in [2.24, 2.45) is 5.92 Å². The summed E-state index contributed by atoms with van der Waals surface area (Å²) in [5.74, 6) is -2.27. The first-order valence-electron chi connectivity index (χ1n) is 12.8. The van der Waals surface area contributed by atoms with Crippen LogP contribution in [0.1, 0.15) is 38.3 Å². The van der Waals surface area contributed by atoms with Gasteiger partial charge >= 0.3 is 19.5 Å². The van der Waals surface area contributed by atoms with Crippen LogP contribution in [0.15, 0.2) is 57.5 Å². The fourth-order valence-electron chi connectivity index (χ4n) is 3.45. The number of carbonyl (C=O) groups is 2. The van der Waals surface area contributed by atoms with E-state index in [0.29, 0.717) is 0 Å². The maximum atomic E-state index is 14.2. The van der Waals surface area contributed by atoms with Crippen LogP contribution in [0.25, 0.3) is 0 Å². The van der Waals surface area contributed by atoms with E-state index in [0.717, 1.165) is 20.1 Å². The zero-order valence-corrected chi connectivity index (χ0v) is 29.1. The predicted octanol–water partition coefficient (Wildman–Crippen LogP) is 7.88. The lowest BCUT2D eigenvalue weighted by Gasteiger charge is -2.39. The minimum Gasteiger partial charge on any atom is -0.469 e. The summed E-state index contributed by atoms with van der Waals surface area (Å²) in [6.07, 6.45) is -1.46. The van der Waals surface area contributed by atoms with E-state index in [1.807, 2.05) is 82.4 Å². The molecule has 40 heavy (non-hydrogen) atoms. The molecule has 0 saturated heterocycles. The van der Waals surface area contributed by atoms with Gasteiger partial charge in [-0.05, 0) is 59.9 Å². The first-order chi connectivity index (χ1) is 18.6. The average molecular weight is 722 g/mol. The zero-order chi connectivity index (χ0) is 30.1. The molecule has 0 unspecified atom stereocenters. The maximum Gasteiger partial charge on any atom is 0.333 e. The smallest absolute Gasteiger partial charge is 0.333 e. The Kier molecular flexibility index (Phi) is 13.3. The largest absolute Gasteiger partial charge is 0.469 e. The first kappa shape index (κ1) is 34.9. The molecule has 222 valence electrons. The van der Waals surface area contributed by atoms with Crippen molar-refractivity contribution in [1.82, 2.24) is 0 Å². The quantitative estimate of drug-likeness (QED) is 0.110. The van der Waals surface area contributed by atoms with Crippen molar-refractivity contribution in [2.75, 3.05) is 20.4 Å². The molecule has 0 bridgehead atoms. The minimum atomic E-state index is -3.90. The Balaban J connectivity index is 2.35. The number of hydrogen-bond donors (Lipinski definition) is 0. The molecule has 12 heteroatoms. The topological polar surface area (TPSA) is 97.4 Å². The highest BCUT2D eigenvalue weighted by atomic mass is 79.9. The van der Waals surface area contributed by atoms with E-state index < -0.39 is 39.9 Å². The molecule has 0 amide bonds. The van der Waals surface area contributed by atoms with Crippen LogP contribution >= 0.6 is 39.5 Å². The van der Waals surface area contributed by atoms with Crippen LogP contribution in [0.5, 0.6) is 0 Å². The lowest BCUT2D eigenvalue weighted by atomic mass is 10.0. The third-order valence-electron chi connectivity index (χ3n) is 6.87. The van der Waals surface area contributed by atoms with Crippen molar-refractivity contribution in [2.45, 2.75) is 64.6 Å². The van der Waals surface area contributed by atoms with Crippen LogP contribution in [-0.4, -0.2) is 46.7 Å². The van der Waals surface area contributed by atoms with Gasteiger partial charge in [0.15, 0.2) is 8.32 Å². The van der Waals surface area contributed by atoms with E-state index in [4.69, 9.17) is 22.9 Å². The van der Waals surface area contributed by atoms with Crippen LogP contribution in [0.2, 0.25) is 18.1 Å². The summed E-state index contributed by atoms with van der Waals surface area (Å²) < 4.78 is 44.2. The Bertz CT molecular complexity index is 1110. The van der Waals surface area contributed by atoms with Crippen molar-refractivity contribution in [3.05, 3.63) is 68.6 Å². The van der Waals surface area contributed by atoms with Gasteiger partial charge in [-0.3, -0.25) is 9.36 Å². The number of rotatable bonds is 14. The second kappa shape index (κ2) is 15.2. The molecule has 2 rings (SSSR count). The Morgan fingerprint density at radius 2 is 1.25 bits per heavy atom. The summed E-state index contributed by atoms with van der Waals surface area (Å²) in [4.78, 5) is 25.7. The molecule has 2 aromatic carbocycles. The van der Waals surface area contributed by atoms with Crippen LogP contribution in [0, 0.1) is 5.92 Å². The van der Waals surface area contributed by atoms with E-state index in [9.17, 15) is 14.2 Å². The number of hydrogen-bond acceptors (Lipinski definition) is 8. The van der Waals surface area contributed by atoms with Gasteiger partial charge in [0.1, 0.15) is 6.10 Å². The Labute approximate surface area is 255 Å². The number of esters is 2. The van der Waals surface area contributed by atoms with E-state index >= 15 is 0 Å². The number of carbonyl (C=O) groups excluding carboxylic acids is 2. The zero-order valence-electron chi connectivity index (χ0n) is 24.1. The van der Waals surface area contributed by atoms with Crippen molar-refractivity contribution in [3.63, 3.8) is 0 Å². The summed E-state index contributed by atoms with van der Waals surface area (Å²) >= 11 is 6.80. The highest BCUT2D eigenvalue weighted by Crippen LogP contribution is 2.52. The normalized spacial score (nSPS) is 13.9. The molecule has 0 fully saturated rings. The number of methoxy groups -OCH3 is 2. The molecule has 0 aromatic heterocycles. The molecule has 0 spiro atoms. The van der Waals surface area contributed by atoms with E-state index in [1.54, 1.807) is 0 Å². The van der Waals surface area contributed by atoms with Crippen LogP contribution < -0.4 is 0 Å². The van der Waals surface area contributed by atoms with Gasteiger partial charge in [0, 0.05) is 8.95 Å². The lowest BCUT2D eigenvalue weighted by molar-refractivity contribution is -0.152. The summed E-state index contributed by atoms with van der Waals surface area (Å²) in [5, 5.41) is -0.198. The minimum absolute atomic E-state index is 0.000310. The predicted molar refractivity (Wildman–Crippen MR) is 165 cm³/mol. The third-order valence-corrected chi connectivity index (χ3v) is 14.3. The van der Waals surface area contributed by atoms with Crippen LogP contribution in [-0.2, 0) is 50.3 Å². The monoisotopic (exact) mass is 720 g/mol. The molecule has 2 aromatic rings. The molecule has 0 saturated carbocycles. The van der Waals surface area contributed by atoms with Crippen molar-refractivity contribution in [3.8, 4) is 0 Å². The standard InChI is InChI=1S/C28H39Br2O8PSi/c1-28(2,3)40(6,7)38-25(27(32)35-5)16-22(26(31)34-4)19-39(33,36-17-20-8-12-23(29)13-9-20)37-18-21-10-14-24(30)15-11-21/h8-15,22,25H,16-19H2,1-7H3/t22-,25-/m0/s1. The average Bonchev–Trinajstić information content (AvgIpc) is 2.90. The molecule has 2 atom stereocenters. The third kappa shape index (κ3) is 10.8. The fraction of sp³-hybridized carbons (Fsp3) is 0.500. The van der Waals surface area contributed by atoms with Crippen LogP contribution in [0.4, 0.5) is 0 Å². The van der Waals surface area contributed by atoms with E-state index in [1.165, 1.54) is 14.2 Å². The van der Waals surface area contributed by atoms with Gasteiger partial charge in [-0.1, -0.05) is 76.9 Å². The molecule has 0 aliphatic carbocycles. The Morgan fingerprint density at radius 1 is 0.825 bits per heavy atom.